The van der Waals surface area contributed by atoms with Crippen LogP contribution < -0.4 is 5.32 Å². The van der Waals surface area contributed by atoms with Crippen LogP contribution in [0.25, 0.3) is 0 Å². The van der Waals surface area contributed by atoms with Gasteiger partial charge in [-0.15, -0.1) is 0 Å². The molecule has 1 N–H and O–H groups in total. The predicted molar refractivity (Wildman–Crippen MR) is 75.8 cm³/mol. The molecule has 0 spiro atoms. The molecule has 0 atom stereocenters. The van der Waals surface area contributed by atoms with Crippen molar-refractivity contribution in [3.63, 3.8) is 0 Å². The molecule has 1 aromatic carbocycles. The average Bonchev–Trinajstić information content (AvgIpc) is 2.34. The number of hydrogen-bond donors (Lipinski definition) is 1. The largest absolute Gasteiger partial charge is 0.352 e. The molecule has 0 radical (unpaired) electrons. The summed E-state index contributed by atoms with van der Waals surface area (Å²) in [6.07, 6.45) is 4.68. The van der Waals surface area contributed by atoms with Crippen molar-refractivity contribution in [1.29, 1.82) is 0 Å². The van der Waals surface area contributed by atoms with E-state index >= 15 is 0 Å². The second-order valence-electron chi connectivity index (χ2n) is 4.23. The third kappa shape index (κ3) is 5.87. The lowest BCUT2D eigenvalue weighted by Crippen LogP contribution is -2.24. The maximum absolute atomic E-state index is 11.7. The second-order valence-corrected chi connectivity index (χ2v) is 5.02. The molecule has 0 unspecified atom stereocenters. The molecular formula is C14H20BrNO. The lowest BCUT2D eigenvalue weighted by atomic mass is 10.1. The van der Waals surface area contributed by atoms with E-state index in [4.69, 9.17) is 0 Å². The SMILES string of the molecule is Cc1ccc(C(=O)NCCCCCCBr)cc1. The molecule has 1 aromatic rings. The number of halogens is 1. The molecule has 0 aromatic heterocycles. The molecule has 0 saturated carbocycles. The van der Waals surface area contributed by atoms with Gasteiger partial charge in [-0.3, -0.25) is 4.79 Å². The minimum absolute atomic E-state index is 0.0329. The van der Waals surface area contributed by atoms with Gasteiger partial charge in [0.05, 0.1) is 0 Å². The van der Waals surface area contributed by atoms with Crippen molar-refractivity contribution in [2.75, 3.05) is 11.9 Å². The van der Waals surface area contributed by atoms with E-state index < -0.39 is 0 Å². The summed E-state index contributed by atoms with van der Waals surface area (Å²) in [4.78, 5) is 11.7. The molecule has 2 nitrogen and oxygen atoms in total. The van der Waals surface area contributed by atoms with Gasteiger partial charge in [0.2, 0.25) is 0 Å². The first-order chi connectivity index (χ1) is 8.24. The number of alkyl halides is 1. The summed E-state index contributed by atoms with van der Waals surface area (Å²) < 4.78 is 0. The quantitative estimate of drug-likeness (QED) is 0.604. The van der Waals surface area contributed by atoms with Gasteiger partial charge in [0.15, 0.2) is 0 Å². The molecule has 1 rings (SSSR count). The van der Waals surface area contributed by atoms with Crippen LogP contribution in [0.2, 0.25) is 0 Å². The van der Waals surface area contributed by atoms with Gasteiger partial charge in [-0.1, -0.05) is 46.5 Å². The van der Waals surface area contributed by atoms with Crippen LogP contribution >= 0.6 is 15.9 Å². The van der Waals surface area contributed by atoms with Crippen LogP contribution in [0.3, 0.4) is 0 Å². The standard InChI is InChI=1S/C14H20BrNO/c1-12-6-8-13(9-7-12)14(17)16-11-5-3-2-4-10-15/h6-9H,2-5,10-11H2,1H3,(H,16,17). The lowest BCUT2D eigenvalue weighted by Gasteiger charge is -2.05. The number of rotatable bonds is 7. The van der Waals surface area contributed by atoms with Gasteiger partial charge >= 0.3 is 0 Å². The van der Waals surface area contributed by atoms with Gasteiger partial charge in [0.25, 0.3) is 5.91 Å². The third-order valence-corrected chi connectivity index (χ3v) is 3.22. The van der Waals surface area contributed by atoms with E-state index in [9.17, 15) is 4.79 Å². The molecule has 1 amide bonds. The van der Waals surface area contributed by atoms with E-state index in [-0.39, 0.29) is 5.91 Å². The molecule has 0 aliphatic heterocycles. The number of aryl methyl sites for hydroxylation is 1. The first-order valence-corrected chi connectivity index (χ1v) is 7.27. The molecule has 94 valence electrons. The number of hydrogen-bond acceptors (Lipinski definition) is 1. The van der Waals surface area contributed by atoms with Crippen molar-refractivity contribution in [3.8, 4) is 0 Å². The highest BCUT2D eigenvalue weighted by atomic mass is 79.9. The zero-order chi connectivity index (χ0) is 12.5. The second kappa shape index (κ2) is 8.29. The van der Waals surface area contributed by atoms with E-state index in [1.165, 1.54) is 24.8 Å². The number of amides is 1. The van der Waals surface area contributed by atoms with Crippen LogP contribution in [0.5, 0.6) is 0 Å². The van der Waals surface area contributed by atoms with Crippen LogP contribution in [0.1, 0.15) is 41.6 Å². The normalized spacial score (nSPS) is 10.2. The summed E-state index contributed by atoms with van der Waals surface area (Å²) in [6.45, 7) is 2.79. The zero-order valence-electron chi connectivity index (χ0n) is 10.3. The summed E-state index contributed by atoms with van der Waals surface area (Å²) in [5.74, 6) is 0.0329. The Kier molecular flexibility index (Phi) is 6.94. The Morgan fingerprint density at radius 3 is 2.41 bits per heavy atom. The maximum Gasteiger partial charge on any atom is 0.251 e. The molecule has 0 saturated heterocycles. The molecular weight excluding hydrogens is 278 g/mol. The Morgan fingerprint density at radius 2 is 1.76 bits per heavy atom. The van der Waals surface area contributed by atoms with Gasteiger partial charge in [-0.2, -0.15) is 0 Å². The highest BCUT2D eigenvalue weighted by molar-refractivity contribution is 9.09. The predicted octanol–water partition coefficient (Wildman–Crippen LogP) is 3.68. The first kappa shape index (κ1) is 14.2. The van der Waals surface area contributed by atoms with E-state index in [1.807, 2.05) is 31.2 Å². The van der Waals surface area contributed by atoms with Crippen molar-refractivity contribution in [2.24, 2.45) is 0 Å². The van der Waals surface area contributed by atoms with Crippen LogP contribution in [0, 0.1) is 6.92 Å². The average molecular weight is 298 g/mol. The summed E-state index contributed by atoms with van der Waals surface area (Å²) >= 11 is 3.41. The van der Waals surface area contributed by atoms with Crippen LogP contribution in [0.4, 0.5) is 0 Å². The highest BCUT2D eigenvalue weighted by Gasteiger charge is 2.03. The molecule has 0 aliphatic carbocycles. The summed E-state index contributed by atoms with van der Waals surface area (Å²) in [5, 5.41) is 4.02. The van der Waals surface area contributed by atoms with Crippen LogP contribution in [-0.2, 0) is 0 Å². The minimum Gasteiger partial charge on any atom is -0.352 e. The third-order valence-electron chi connectivity index (χ3n) is 2.66. The first-order valence-electron chi connectivity index (χ1n) is 6.15. The Labute approximate surface area is 112 Å². The number of carbonyl (C=O) groups excluding carboxylic acids is 1. The summed E-state index contributed by atoms with van der Waals surface area (Å²) in [5.41, 5.74) is 1.92. The van der Waals surface area contributed by atoms with Crippen LogP contribution in [-0.4, -0.2) is 17.8 Å². The Balaban J connectivity index is 2.19. The van der Waals surface area contributed by atoms with Crippen molar-refractivity contribution < 1.29 is 4.79 Å². The Bertz CT molecular complexity index is 335. The van der Waals surface area contributed by atoms with E-state index in [2.05, 4.69) is 21.2 Å². The molecule has 0 heterocycles. The number of benzene rings is 1. The lowest BCUT2D eigenvalue weighted by molar-refractivity contribution is 0.0953. The number of carbonyl (C=O) groups is 1. The smallest absolute Gasteiger partial charge is 0.251 e. The Hall–Kier alpha value is -0.830. The van der Waals surface area contributed by atoms with Crippen LogP contribution in [0.15, 0.2) is 24.3 Å². The fourth-order valence-electron chi connectivity index (χ4n) is 1.58. The summed E-state index contributed by atoms with van der Waals surface area (Å²) in [7, 11) is 0. The van der Waals surface area contributed by atoms with Gasteiger partial charge in [0.1, 0.15) is 0 Å². The molecule has 0 fully saturated rings. The van der Waals surface area contributed by atoms with Crippen molar-refractivity contribution >= 4 is 21.8 Å². The number of unbranched alkanes of at least 4 members (excludes halogenated alkanes) is 3. The minimum atomic E-state index is 0.0329. The Morgan fingerprint density at radius 1 is 1.12 bits per heavy atom. The molecule has 17 heavy (non-hydrogen) atoms. The number of nitrogens with one attached hydrogen (secondary N) is 1. The van der Waals surface area contributed by atoms with Crippen molar-refractivity contribution in [1.82, 2.24) is 5.32 Å². The molecule has 0 bridgehead atoms. The van der Waals surface area contributed by atoms with Gasteiger partial charge in [-0.25, -0.2) is 0 Å². The topological polar surface area (TPSA) is 29.1 Å². The highest BCUT2D eigenvalue weighted by Crippen LogP contribution is 2.04. The van der Waals surface area contributed by atoms with Gasteiger partial charge in [-0.05, 0) is 31.9 Å². The van der Waals surface area contributed by atoms with E-state index in [0.717, 1.165) is 23.9 Å². The van der Waals surface area contributed by atoms with Gasteiger partial charge in [0, 0.05) is 17.4 Å². The fraction of sp³-hybridized carbons (Fsp3) is 0.500. The summed E-state index contributed by atoms with van der Waals surface area (Å²) in [6, 6.07) is 7.67. The zero-order valence-corrected chi connectivity index (χ0v) is 11.9. The van der Waals surface area contributed by atoms with E-state index in [0.29, 0.717) is 0 Å². The molecule has 3 heteroatoms. The van der Waals surface area contributed by atoms with E-state index in [1.54, 1.807) is 0 Å². The molecule has 0 aliphatic rings. The maximum atomic E-state index is 11.7. The monoisotopic (exact) mass is 297 g/mol. The van der Waals surface area contributed by atoms with Crippen molar-refractivity contribution in [2.45, 2.75) is 32.6 Å². The fourth-order valence-corrected chi connectivity index (χ4v) is 1.98. The van der Waals surface area contributed by atoms with Gasteiger partial charge < -0.3 is 5.32 Å². The van der Waals surface area contributed by atoms with Crippen molar-refractivity contribution in [3.05, 3.63) is 35.4 Å².